The summed E-state index contributed by atoms with van der Waals surface area (Å²) in [5.74, 6) is -0.963. The zero-order valence-electron chi connectivity index (χ0n) is 23.7. The van der Waals surface area contributed by atoms with Crippen LogP contribution in [0.25, 0.3) is 0 Å². The standard InChI is InChI=1S/C26H39N5O6.C2H6/c1-28-25(35)23(6-5-15-32)30(2)26(36)22-8-7-21(16-19(22)17-33)37-18-24(34)29-11-3-4-12-31-13-9-20(27)10-14-31;1-2/h7-8,15-17,20,23H,3-6,9-14,18,27H2,1-2H3,(H,28,35)(H,29,34);1-2H3. The molecule has 0 aromatic heterocycles. The Bertz CT molecular complexity index is 933. The molecule has 0 aliphatic carbocycles. The summed E-state index contributed by atoms with van der Waals surface area (Å²) in [6, 6.07) is 3.75. The first-order valence-corrected chi connectivity index (χ1v) is 13.7. The Labute approximate surface area is 231 Å². The van der Waals surface area contributed by atoms with Gasteiger partial charge in [-0.2, -0.15) is 0 Å². The highest BCUT2D eigenvalue weighted by atomic mass is 16.5. The molecule has 1 saturated heterocycles. The van der Waals surface area contributed by atoms with Gasteiger partial charge >= 0.3 is 0 Å². The van der Waals surface area contributed by atoms with E-state index < -0.39 is 17.9 Å². The lowest BCUT2D eigenvalue weighted by atomic mass is 10.0. The molecule has 0 radical (unpaired) electrons. The van der Waals surface area contributed by atoms with E-state index in [1.807, 2.05) is 13.8 Å². The number of benzene rings is 1. The lowest BCUT2D eigenvalue weighted by molar-refractivity contribution is -0.125. The molecule has 3 amide bonds. The van der Waals surface area contributed by atoms with E-state index in [-0.39, 0.29) is 42.2 Å². The van der Waals surface area contributed by atoms with Gasteiger partial charge in [0.05, 0.1) is 5.56 Å². The fourth-order valence-electron chi connectivity index (χ4n) is 4.21. The first kappa shape index (κ1) is 33.7. The fraction of sp³-hybridized carbons (Fsp3) is 0.607. The average molecular weight is 548 g/mol. The zero-order valence-corrected chi connectivity index (χ0v) is 23.7. The van der Waals surface area contributed by atoms with Crippen molar-refractivity contribution in [2.45, 2.75) is 64.5 Å². The van der Waals surface area contributed by atoms with Crippen molar-refractivity contribution in [1.29, 1.82) is 0 Å². The summed E-state index contributed by atoms with van der Waals surface area (Å²) in [4.78, 5) is 63.4. The van der Waals surface area contributed by atoms with Crippen LogP contribution in [0.5, 0.6) is 5.75 Å². The van der Waals surface area contributed by atoms with Gasteiger partial charge in [-0.1, -0.05) is 13.8 Å². The summed E-state index contributed by atoms with van der Waals surface area (Å²) in [6.07, 6.45) is 5.37. The minimum atomic E-state index is -0.861. The minimum Gasteiger partial charge on any atom is -0.484 e. The van der Waals surface area contributed by atoms with E-state index in [1.54, 1.807) is 0 Å². The third kappa shape index (κ3) is 11.5. The predicted octanol–water partition coefficient (Wildman–Crippen LogP) is 1.39. The number of unbranched alkanes of at least 4 members (excludes halogenated alkanes) is 1. The van der Waals surface area contributed by atoms with Gasteiger partial charge in [-0.25, -0.2) is 0 Å². The van der Waals surface area contributed by atoms with Gasteiger partial charge in [0, 0.05) is 38.7 Å². The largest absolute Gasteiger partial charge is 0.484 e. The Balaban J connectivity index is 0.00000371. The molecule has 4 N–H and O–H groups in total. The van der Waals surface area contributed by atoms with Crippen LogP contribution in [0.15, 0.2) is 18.2 Å². The fourth-order valence-corrected chi connectivity index (χ4v) is 4.21. The molecule has 1 aromatic carbocycles. The van der Waals surface area contributed by atoms with E-state index in [9.17, 15) is 24.0 Å². The summed E-state index contributed by atoms with van der Waals surface area (Å²) < 4.78 is 5.51. The SMILES string of the molecule is CC.CNC(=O)C(CCC=O)N(C)C(=O)c1ccc(OCC(=O)NCCCCN2CCC(N)CC2)cc1C=O. The number of nitrogens with two attached hydrogens (primary N) is 1. The maximum Gasteiger partial charge on any atom is 0.257 e. The number of hydrogen-bond donors (Lipinski definition) is 3. The Kier molecular flexibility index (Phi) is 16.3. The number of rotatable bonds is 15. The van der Waals surface area contributed by atoms with Gasteiger partial charge in [0.1, 0.15) is 18.1 Å². The van der Waals surface area contributed by atoms with Crippen LogP contribution < -0.4 is 21.1 Å². The number of aldehydes is 2. The highest BCUT2D eigenvalue weighted by Gasteiger charge is 2.28. The lowest BCUT2D eigenvalue weighted by Gasteiger charge is -2.29. The molecule has 1 fully saturated rings. The van der Waals surface area contributed by atoms with Crippen molar-refractivity contribution in [2.24, 2.45) is 5.73 Å². The Hall–Kier alpha value is -3.31. The predicted molar refractivity (Wildman–Crippen MR) is 150 cm³/mol. The van der Waals surface area contributed by atoms with Crippen LogP contribution in [0.1, 0.15) is 73.1 Å². The van der Waals surface area contributed by atoms with E-state index >= 15 is 0 Å². The van der Waals surface area contributed by atoms with Crippen LogP contribution in [0.2, 0.25) is 0 Å². The molecule has 11 heteroatoms. The number of carbonyl (C=O) groups is 5. The first-order valence-electron chi connectivity index (χ1n) is 13.7. The molecule has 0 bridgehead atoms. The molecule has 1 heterocycles. The molecular formula is C28H45N5O6. The second-order valence-corrected chi connectivity index (χ2v) is 9.18. The molecular weight excluding hydrogens is 502 g/mol. The molecule has 0 saturated carbocycles. The molecule has 11 nitrogen and oxygen atoms in total. The molecule has 1 aromatic rings. The van der Waals surface area contributed by atoms with Crippen LogP contribution in [0.3, 0.4) is 0 Å². The summed E-state index contributed by atoms with van der Waals surface area (Å²) in [6.45, 7) is 7.37. The summed E-state index contributed by atoms with van der Waals surface area (Å²) in [7, 11) is 2.89. The van der Waals surface area contributed by atoms with Gasteiger partial charge in [-0.3, -0.25) is 19.2 Å². The number of likely N-dealkylation sites (N-methyl/N-ethyl adjacent to an activating group) is 2. The van der Waals surface area contributed by atoms with Gasteiger partial charge < -0.3 is 35.7 Å². The average Bonchev–Trinajstić information content (AvgIpc) is 2.97. The van der Waals surface area contributed by atoms with E-state index in [2.05, 4.69) is 15.5 Å². The van der Waals surface area contributed by atoms with Gasteiger partial charge in [-0.05, 0) is 69.9 Å². The number of carbonyl (C=O) groups excluding carboxylic acids is 5. The maximum absolute atomic E-state index is 13.0. The monoisotopic (exact) mass is 547 g/mol. The lowest BCUT2D eigenvalue weighted by Crippen LogP contribution is -2.47. The Morgan fingerprint density at radius 3 is 2.49 bits per heavy atom. The molecule has 2 rings (SSSR count). The van der Waals surface area contributed by atoms with Crippen molar-refractivity contribution in [3.05, 3.63) is 29.3 Å². The molecule has 1 aliphatic heterocycles. The molecule has 0 spiro atoms. The molecule has 1 aliphatic rings. The molecule has 39 heavy (non-hydrogen) atoms. The second-order valence-electron chi connectivity index (χ2n) is 9.18. The number of hydrogen-bond acceptors (Lipinski definition) is 8. The van der Waals surface area contributed by atoms with Crippen LogP contribution in [0, 0.1) is 0 Å². The van der Waals surface area contributed by atoms with Gasteiger partial charge in [0.25, 0.3) is 11.8 Å². The number of ether oxygens (including phenoxy) is 1. The Morgan fingerprint density at radius 2 is 1.87 bits per heavy atom. The van der Waals surface area contributed by atoms with Crippen LogP contribution in [-0.2, 0) is 14.4 Å². The van der Waals surface area contributed by atoms with Crippen molar-refractivity contribution in [2.75, 3.05) is 46.9 Å². The molecule has 218 valence electrons. The smallest absolute Gasteiger partial charge is 0.257 e. The van der Waals surface area contributed by atoms with E-state index in [0.717, 1.165) is 45.3 Å². The van der Waals surface area contributed by atoms with Gasteiger partial charge in [-0.15, -0.1) is 0 Å². The third-order valence-corrected chi connectivity index (χ3v) is 6.50. The van der Waals surface area contributed by atoms with E-state index in [4.69, 9.17) is 10.5 Å². The van der Waals surface area contributed by atoms with Gasteiger partial charge in [0.2, 0.25) is 5.91 Å². The van der Waals surface area contributed by atoms with Crippen molar-refractivity contribution >= 4 is 30.3 Å². The van der Waals surface area contributed by atoms with Crippen molar-refractivity contribution in [3.63, 3.8) is 0 Å². The third-order valence-electron chi connectivity index (χ3n) is 6.50. The summed E-state index contributed by atoms with van der Waals surface area (Å²) >= 11 is 0. The minimum absolute atomic E-state index is 0.0690. The van der Waals surface area contributed by atoms with Crippen LogP contribution in [0.4, 0.5) is 0 Å². The first-order chi connectivity index (χ1) is 18.8. The number of likely N-dealkylation sites (tertiary alicyclic amines) is 1. The van der Waals surface area contributed by atoms with Crippen LogP contribution >= 0.6 is 0 Å². The van der Waals surface area contributed by atoms with Crippen LogP contribution in [-0.4, -0.2) is 99.1 Å². The normalized spacial score (nSPS) is 14.3. The Morgan fingerprint density at radius 1 is 1.18 bits per heavy atom. The highest BCUT2D eigenvalue weighted by Crippen LogP contribution is 2.20. The summed E-state index contributed by atoms with van der Waals surface area (Å²) in [5, 5.41) is 5.30. The molecule has 1 unspecified atom stereocenters. The number of nitrogens with zero attached hydrogens (tertiary/aromatic N) is 2. The number of nitrogens with one attached hydrogen (secondary N) is 2. The molecule has 1 atom stereocenters. The number of amides is 3. The van der Waals surface area contributed by atoms with E-state index in [0.29, 0.717) is 25.2 Å². The highest BCUT2D eigenvalue weighted by molar-refractivity contribution is 6.03. The zero-order chi connectivity index (χ0) is 29.2. The second kappa shape index (κ2) is 18.9. The number of piperidine rings is 1. The van der Waals surface area contributed by atoms with Crippen molar-refractivity contribution < 1.29 is 28.7 Å². The van der Waals surface area contributed by atoms with E-state index in [1.165, 1.54) is 37.2 Å². The van der Waals surface area contributed by atoms with Crippen molar-refractivity contribution in [1.82, 2.24) is 20.4 Å². The topological polar surface area (TPSA) is 151 Å². The maximum atomic E-state index is 13.0. The summed E-state index contributed by atoms with van der Waals surface area (Å²) in [5.41, 5.74) is 6.08. The quantitative estimate of drug-likeness (QED) is 0.220. The van der Waals surface area contributed by atoms with Crippen molar-refractivity contribution in [3.8, 4) is 5.75 Å². The van der Waals surface area contributed by atoms with Gasteiger partial charge in [0.15, 0.2) is 12.9 Å².